The van der Waals surface area contributed by atoms with Gasteiger partial charge in [0, 0.05) is 26.2 Å². The van der Waals surface area contributed by atoms with Crippen LogP contribution in [0.3, 0.4) is 0 Å². The minimum atomic E-state index is 0.114. The molecule has 0 spiro atoms. The van der Waals surface area contributed by atoms with Crippen molar-refractivity contribution >= 4 is 11.7 Å². The second-order valence-corrected chi connectivity index (χ2v) is 5.35. The third-order valence-corrected chi connectivity index (χ3v) is 3.72. The van der Waals surface area contributed by atoms with Crippen molar-refractivity contribution in [2.75, 3.05) is 31.6 Å². The van der Waals surface area contributed by atoms with Gasteiger partial charge < -0.3 is 14.5 Å². The molecule has 1 fully saturated rings. The largest absolute Gasteiger partial charge is 0.473 e. The number of anilines is 1. The Balaban J connectivity index is 1.66. The third-order valence-electron chi connectivity index (χ3n) is 3.72. The topological polar surface area (TPSA) is 45.7 Å². The van der Waals surface area contributed by atoms with Crippen molar-refractivity contribution in [3.8, 4) is 5.88 Å². The van der Waals surface area contributed by atoms with Crippen LogP contribution >= 0.6 is 0 Å². The molecule has 0 aliphatic carbocycles. The molecule has 0 atom stereocenters. The number of nitrogens with zero attached hydrogens (tertiary/aromatic N) is 3. The summed E-state index contributed by atoms with van der Waals surface area (Å²) in [6.07, 6.45) is 0. The standard InChI is InChI=1S/C17H19N3O2/c1-19-10-11-20(12-17(19)21)15-8-5-9-16(18-15)22-13-14-6-3-2-4-7-14/h2-9H,10-13H2,1H3. The van der Waals surface area contributed by atoms with E-state index in [1.54, 1.807) is 4.90 Å². The number of rotatable bonds is 4. The summed E-state index contributed by atoms with van der Waals surface area (Å²) in [7, 11) is 1.83. The van der Waals surface area contributed by atoms with Crippen LogP contribution in [0.15, 0.2) is 48.5 Å². The Bertz CT molecular complexity index is 645. The van der Waals surface area contributed by atoms with Gasteiger partial charge in [0.15, 0.2) is 0 Å². The Hall–Kier alpha value is -2.56. The molecule has 1 saturated heterocycles. The van der Waals surface area contributed by atoms with E-state index in [4.69, 9.17) is 4.74 Å². The molecule has 2 heterocycles. The number of likely N-dealkylation sites (N-methyl/N-ethyl adjacent to an activating group) is 1. The van der Waals surface area contributed by atoms with E-state index >= 15 is 0 Å². The number of hydrogen-bond donors (Lipinski definition) is 0. The van der Waals surface area contributed by atoms with Gasteiger partial charge in [-0.05, 0) is 11.6 Å². The van der Waals surface area contributed by atoms with Crippen LogP contribution in [0.2, 0.25) is 0 Å². The van der Waals surface area contributed by atoms with E-state index in [0.29, 0.717) is 19.0 Å². The maximum absolute atomic E-state index is 11.8. The lowest BCUT2D eigenvalue weighted by Gasteiger charge is -2.32. The molecular weight excluding hydrogens is 278 g/mol. The minimum absolute atomic E-state index is 0.114. The number of carbonyl (C=O) groups excluding carboxylic acids is 1. The van der Waals surface area contributed by atoms with Gasteiger partial charge in [-0.1, -0.05) is 36.4 Å². The zero-order chi connectivity index (χ0) is 15.4. The van der Waals surface area contributed by atoms with Crippen molar-refractivity contribution < 1.29 is 9.53 Å². The van der Waals surface area contributed by atoms with E-state index in [9.17, 15) is 4.79 Å². The number of carbonyl (C=O) groups is 1. The van der Waals surface area contributed by atoms with Crippen molar-refractivity contribution in [2.45, 2.75) is 6.61 Å². The molecule has 5 nitrogen and oxygen atoms in total. The SMILES string of the molecule is CN1CCN(c2cccc(OCc3ccccc3)n2)CC1=O. The Labute approximate surface area is 130 Å². The molecule has 114 valence electrons. The highest BCUT2D eigenvalue weighted by Gasteiger charge is 2.22. The molecule has 1 aromatic heterocycles. The summed E-state index contributed by atoms with van der Waals surface area (Å²) >= 11 is 0. The smallest absolute Gasteiger partial charge is 0.241 e. The normalized spacial score (nSPS) is 15.0. The molecule has 1 aliphatic rings. The summed E-state index contributed by atoms with van der Waals surface area (Å²) in [5.74, 6) is 1.48. The second kappa shape index (κ2) is 6.47. The monoisotopic (exact) mass is 297 g/mol. The molecule has 22 heavy (non-hydrogen) atoms. The number of aromatic nitrogens is 1. The van der Waals surface area contributed by atoms with Crippen LogP contribution in [0.5, 0.6) is 5.88 Å². The zero-order valence-corrected chi connectivity index (χ0v) is 12.6. The van der Waals surface area contributed by atoms with Gasteiger partial charge in [-0.15, -0.1) is 0 Å². The van der Waals surface area contributed by atoms with Gasteiger partial charge in [-0.25, -0.2) is 0 Å². The summed E-state index contributed by atoms with van der Waals surface area (Å²) in [4.78, 5) is 20.0. The van der Waals surface area contributed by atoms with Crippen molar-refractivity contribution in [1.29, 1.82) is 0 Å². The molecule has 0 radical (unpaired) electrons. The molecule has 0 N–H and O–H groups in total. The zero-order valence-electron chi connectivity index (χ0n) is 12.6. The molecule has 2 aromatic rings. The minimum Gasteiger partial charge on any atom is -0.473 e. The molecule has 0 saturated carbocycles. The van der Waals surface area contributed by atoms with Gasteiger partial charge in [0.05, 0.1) is 6.54 Å². The lowest BCUT2D eigenvalue weighted by Crippen LogP contribution is -2.48. The van der Waals surface area contributed by atoms with Gasteiger partial charge in [-0.2, -0.15) is 4.98 Å². The summed E-state index contributed by atoms with van der Waals surface area (Å²) < 4.78 is 5.74. The van der Waals surface area contributed by atoms with Crippen LogP contribution in [0, 0.1) is 0 Å². The highest BCUT2D eigenvalue weighted by Crippen LogP contribution is 2.18. The number of benzene rings is 1. The first-order chi connectivity index (χ1) is 10.7. The van der Waals surface area contributed by atoms with Crippen LogP contribution in [-0.2, 0) is 11.4 Å². The Kier molecular flexibility index (Phi) is 4.23. The predicted molar refractivity (Wildman–Crippen MR) is 84.9 cm³/mol. The molecule has 0 bridgehead atoms. The Morgan fingerprint density at radius 3 is 2.68 bits per heavy atom. The number of pyridine rings is 1. The molecule has 1 aliphatic heterocycles. The van der Waals surface area contributed by atoms with Crippen molar-refractivity contribution in [3.05, 3.63) is 54.1 Å². The first-order valence-electron chi connectivity index (χ1n) is 7.35. The van der Waals surface area contributed by atoms with Crippen LogP contribution in [0.25, 0.3) is 0 Å². The van der Waals surface area contributed by atoms with Gasteiger partial charge in [0.2, 0.25) is 11.8 Å². The van der Waals surface area contributed by atoms with Gasteiger partial charge >= 0.3 is 0 Å². The van der Waals surface area contributed by atoms with E-state index in [0.717, 1.165) is 24.5 Å². The predicted octanol–water partition coefficient (Wildman–Crippen LogP) is 1.94. The van der Waals surface area contributed by atoms with Crippen LogP contribution in [-0.4, -0.2) is 42.5 Å². The lowest BCUT2D eigenvalue weighted by atomic mass is 10.2. The highest BCUT2D eigenvalue weighted by atomic mass is 16.5. The van der Waals surface area contributed by atoms with Crippen molar-refractivity contribution in [2.24, 2.45) is 0 Å². The maximum Gasteiger partial charge on any atom is 0.241 e. The van der Waals surface area contributed by atoms with Gasteiger partial charge in [-0.3, -0.25) is 4.79 Å². The number of amides is 1. The fraction of sp³-hybridized carbons (Fsp3) is 0.294. The van der Waals surface area contributed by atoms with E-state index in [2.05, 4.69) is 4.98 Å². The molecule has 0 unspecified atom stereocenters. The molecular formula is C17H19N3O2. The van der Waals surface area contributed by atoms with Crippen LogP contribution < -0.4 is 9.64 Å². The highest BCUT2D eigenvalue weighted by molar-refractivity contribution is 5.82. The van der Waals surface area contributed by atoms with Crippen molar-refractivity contribution in [1.82, 2.24) is 9.88 Å². The molecule has 1 amide bonds. The molecule has 3 rings (SSSR count). The Morgan fingerprint density at radius 1 is 1.09 bits per heavy atom. The van der Waals surface area contributed by atoms with E-state index in [-0.39, 0.29) is 5.91 Å². The average molecular weight is 297 g/mol. The summed E-state index contributed by atoms with van der Waals surface area (Å²) in [6, 6.07) is 15.6. The lowest BCUT2D eigenvalue weighted by molar-refractivity contribution is -0.129. The molecule has 1 aromatic carbocycles. The first kappa shape index (κ1) is 14.4. The summed E-state index contributed by atoms with van der Waals surface area (Å²) in [5, 5.41) is 0. The van der Waals surface area contributed by atoms with Crippen molar-refractivity contribution in [3.63, 3.8) is 0 Å². The second-order valence-electron chi connectivity index (χ2n) is 5.35. The van der Waals surface area contributed by atoms with E-state index < -0.39 is 0 Å². The first-order valence-corrected chi connectivity index (χ1v) is 7.35. The average Bonchev–Trinajstić information content (AvgIpc) is 2.57. The van der Waals surface area contributed by atoms with Gasteiger partial charge in [0.25, 0.3) is 0 Å². The fourth-order valence-corrected chi connectivity index (χ4v) is 2.35. The summed E-state index contributed by atoms with van der Waals surface area (Å²) in [5.41, 5.74) is 1.10. The number of hydrogen-bond acceptors (Lipinski definition) is 4. The van der Waals surface area contributed by atoms with Crippen LogP contribution in [0.4, 0.5) is 5.82 Å². The maximum atomic E-state index is 11.8. The number of piperazine rings is 1. The van der Waals surface area contributed by atoms with Gasteiger partial charge in [0.1, 0.15) is 12.4 Å². The fourth-order valence-electron chi connectivity index (χ4n) is 2.35. The number of ether oxygens (including phenoxy) is 1. The Morgan fingerprint density at radius 2 is 1.91 bits per heavy atom. The third kappa shape index (κ3) is 3.36. The van der Waals surface area contributed by atoms with Crippen LogP contribution in [0.1, 0.15) is 5.56 Å². The quantitative estimate of drug-likeness (QED) is 0.865. The summed E-state index contributed by atoms with van der Waals surface area (Å²) in [6.45, 7) is 2.36. The molecule has 5 heteroatoms. The van der Waals surface area contributed by atoms with E-state index in [1.165, 1.54) is 0 Å². The van der Waals surface area contributed by atoms with E-state index in [1.807, 2.05) is 60.5 Å².